The van der Waals surface area contributed by atoms with Crippen LogP contribution in [-0.4, -0.2) is 12.2 Å². The molecular weight excluding hydrogens is 400 g/mol. The number of hydrogen-bond acceptors (Lipinski definition) is 1. The first-order valence-electron chi connectivity index (χ1n) is 15.4. The second-order valence-electron chi connectivity index (χ2n) is 13.1. The van der Waals surface area contributed by atoms with E-state index in [-0.39, 0.29) is 0 Å². The molecule has 0 saturated heterocycles. The van der Waals surface area contributed by atoms with Crippen LogP contribution in [0.4, 0.5) is 0 Å². The van der Waals surface area contributed by atoms with Gasteiger partial charge in [-0.2, -0.15) is 0 Å². The van der Waals surface area contributed by atoms with E-state index in [9.17, 15) is 0 Å². The van der Waals surface area contributed by atoms with Gasteiger partial charge in [0.2, 0.25) is 0 Å². The first kappa shape index (κ1) is 29.2. The molecule has 2 fully saturated rings. The average molecular weight is 463 g/mol. The van der Waals surface area contributed by atoms with E-state index in [1.807, 2.05) is 0 Å². The van der Waals surface area contributed by atoms with Gasteiger partial charge in [0.15, 0.2) is 0 Å². The summed E-state index contributed by atoms with van der Waals surface area (Å²) in [6, 6.07) is 0. The van der Waals surface area contributed by atoms with Gasteiger partial charge < -0.3 is 4.74 Å². The van der Waals surface area contributed by atoms with Crippen molar-refractivity contribution in [3.05, 3.63) is 0 Å². The van der Waals surface area contributed by atoms with Crippen molar-refractivity contribution in [2.24, 2.45) is 34.5 Å². The predicted molar refractivity (Wildman–Crippen MR) is 147 cm³/mol. The standard InChI is InChI=1S/C32H62O/c1-9-18-29(25(5)12-4)33-30-26(6)23-28(31(7,21-10-2)22-11-3)24-32(30,8)27-19-16-14-13-15-17-20-27/h25-30H,9-24H2,1-8H3. The summed E-state index contributed by atoms with van der Waals surface area (Å²) in [4.78, 5) is 0. The third-order valence-electron chi connectivity index (χ3n) is 10.3. The normalized spacial score (nSPS) is 32.2. The van der Waals surface area contributed by atoms with E-state index in [2.05, 4.69) is 55.4 Å². The zero-order chi connectivity index (χ0) is 24.5. The Bertz CT molecular complexity index is 513. The molecule has 6 atom stereocenters. The fourth-order valence-corrected chi connectivity index (χ4v) is 8.19. The Labute approximate surface area is 209 Å². The maximum atomic E-state index is 7.32. The minimum Gasteiger partial charge on any atom is -0.374 e. The summed E-state index contributed by atoms with van der Waals surface area (Å²) in [5.41, 5.74) is 0.840. The van der Waals surface area contributed by atoms with Crippen molar-refractivity contribution in [1.29, 1.82) is 0 Å². The van der Waals surface area contributed by atoms with Crippen LogP contribution in [0.5, 0.6) is 0 Å². The van der Waals surface area contributed by atoms with Crippen LogP contribution in [0.25, 0.3) is 0 Å². The van der Waals surface area contributed by atoms with E-state index in [0.717, 1.165) is 11.8 Å². The summed E-state index contributed by atoms with van der Waals surface area (Å²) in [7, 11) is 0. The van der Waals surface area contributed by atoms with Crippen molar-refractivity contribution in [3.63, 3.8) is 0 Å². The Morgan fingerprint density at radius 1 is 0.909 bits per heavy atom. The minimum absolute atomic E-state index is 0.335. The highest BCUT2D eigenvalue weighted by Gasteiger charge is 2.52. The van der Waals surface area contributed by atoms with Gasteiger partial charge in [-0.3, -0.25) is 0 Å². The molecule has 2 saturated carbocycles. The van der Waals surface area contributed by atoms with Gasteiger partial charge in [0, 0.05) is 0 Å². The molecule has 0 aromatic rings. The highest BCUT2D eigenvalue weighted by atomic mass is 16.5. The SMILES string of the molecule is CCCC(OC1C(C)CC(C(C)(CCC)CCC)CC1(C)C1CCCCCCC1)C(C)CC. The van der Waals surface area contributed by atoms with Crippen molar-refractivity contribution in [2.75, 3.05) is 0 Å². The molecule has 0 N–H and O–H groups in total. The van der Waals surface area contributed by atoms with Crippen molar-refractivity contribution in [1.82, 2.24) is 0 Å². The lowest BCUT2D eigenvalue weighted by atomic mass is 9.52. The van der Waals surface area contributed by atoms with E-state index >= 15 is 0 Å². The molecule has 1 heteroatoms. The van der Waals surface area contributed by atoms with Crippen LogP contribution in [0.1, 0.15) is 158 Å². The molecule has 196 valence electrons. The largest absolute Gasteiger partial charge is 0.374 e. The zero-order valence-corrected chi connectivity index (χ0v) is 24.2. The number of ether oxygens (including phenoxy) is 1. The Morgan fingerprint density at radius 2 is 1.48 bits per heavy atom. The van der Waals surface area contributed by atoms with Crippen LogP contribution in [0, 0.1) is 34.5 Å². The zero-order valence-electron chi connectivity index (χ0n) is 24.2. The molecule has 0 aromatic heterocycles. The summed E-state index contributed by atoms with van der Waals surface area (Å²) in [5, 5.41) is 0. The van der Waals surface area contributed by atoms with E-state index in [1.165, 1.54) is 103 Å². The van der Waals surface area contributed by atoms with Crippen LogP contribution in [-0.2, 0) is 4.74 Å². The van der Waals surface area contributed by atoms with E-state index in [4.69, 9.17) is 4.74 Å². The maximum absolute atomic E-state index is 7.32. The lowest BCUT2D eigenvalue weighted by Crippen LogP contribution is -2.54. The van der Waals surface area contributed by atoms with Gasteiger partial charge in [-0.1, -0.05) is 113 Å². The molecule has 0 aromatic carbocycles. The summed E-state index contributed by atoms with van der Waals surface area (Å²) in [6.07, 6.45) is 22.9. The molecule has 0 amide bonds. The van der Waals surface area contributed by atoms with E-state index in [1.54, 1.807) is 0 Å². The summed E-state index contributed by atoms with van der Waals surface area (Å²) < 4.78 is 7.32. The van der Waals surface area contributed by atoms with Crippen molar-refractivity contribution < 1.29 is 4.74 Å². The quantitative estimate of drug-likeness (QED) is 0.280. The van der Waals surface area contributed by atoms with E-state index in [0.29, 0.717) is 34.9 Å². The average Bonchev–Trinajstić information content (AvgIpc) is 2.74. The van der Waals surface area contributed by atoms with Gasteiger partial charge >= 0.3 is 0 Å². The van der Waals surface area contributed by atoms with Crippen LogP contribution in [0.15, 0.2) is 0 Å². The monoisotopic (exact) mass is 462 g/mol. The Kier molecular flexibility index (Phi) is 12.3. The van der Waals surface area contributed by atoms with Crippen LogP contribution >= 0.6 is 0 Å². The van der Waals surface area contributed by atoms with Crippen LogP contribution in [0.2, 0.25) is 0 Å². The molecule has 0 spiro atoms. The fourth-order valence-electron chi connectivity index (χ4n) is 8.19. The summed E-state index contributed by atoms with van der Waals surface area (Å²) in [6.45, 7) is 19.9. The molecule has 0 aliphatic heterocycles. The molecule has 0 radical (unpaired) electrons. The molecule has 6 unspecified atom stereocenters. The van der Waals surface area contributed by atoms with Crippen LogP contribution in [0.3, 0.4) is 0 Å². The first-order chi connectivity index (χ1) is 15.8. The van der Waals surface area contributed by atoms with Gasteiger partial charge in [-0.05, 0) is 79.4 Å². The lowest BCUT2D eigenvalue weighted by molar-refractivity contribution is -0.179. The molecule has 2 aliphatic rings. The van der Waals surface area contributed by atoms with Gasteiger partial charge in [-0.25, -0.2) is 0 Å². The van der Waals surface area contributed by atoms with Crippen molar-refractivity contribution in [2.45, 2.75) is 170 Å². The second kappa shape index (κ2) is 13.9. The van der Waals surface area contributed by atoms with Gasteiger partial charge in [0.25, 0.3) is 0 Å². The molecule has 0 bridgehead atoms. The highest BCUT2D eigenvalue weighted by Crippen LogP contribution is 2.57. The molecule has 2 aliphatic carbocycles. The van der Waals surface area contributed by atoms with Gasteiger partial charge in [0.05, 0.1) is 12.2 Å². The van der Waals surface area contributed by atoms with Crippen LogP contribution < -0.4 is 0 Å². The second-order valence-corrected chi connectivity index (χ2v) is 13.1. The molecular formula is C32H62O. The first-order valence-corrected chi connectivity index (χ1v) is 15.4. The Balaban J connectivity index is 2.40. The predicted octanol–water partition coefficient (Wildman–Crippen LogP) is 10.6. The Morgan fingerprint density at radius 3 is 2.00 bits per heavy atom. The fraction of sp³-hybridized carbons (Fsp3) is 1.00. The maximum Gasteiger partial charge on any atom is 0.0660 e. The van der Waals surface area contributed by atoms with Crippen molar-refractivity contribution in [3.8, 4) is 0 Å². The highest BCUT2D eigenvalue weighted by molar-refractivity contribution is 5.02. The van der Waals surface area contributed by atoms with E-state index < -0.39 is 0 Å². The number of rotatable bonds is 12. The van der Waals surface area contributed by atoms with Crippen molar-refractivity contribution >= 4 is 0 Å². The molecule has 33 heavy (non-hydrogen) atoms. The lowest BCUT2D eigenvalue weighted by Gasteiger charge is -2.57. The minimum atomic E-state index is 0.335. The number of hydrogen-bond donors (Lipinski definition) is 0. The third-order valence-corrected chi connectivity index (χ3v) is 10.3. The smallest absolute Gasteiger partial charge is 0.0660 e. The molecule has 0 heterocycles. The third kappa shape index (κ3) is 7.47. The molecule has 1 nitrogen and oxygen atoms in total. The topological polar surface area (TPSA) is 9.23 Å². The van der Waals surface area contributed by atoms with Gasteiger partial charge in [-0.15, -0.1) is 0 Å². The van der Waals surface area contributed by atoms with Gasteiger partial charge in [0.1, 0.15) is 0 Å². The molecule has 2 rings (SSSR count). The Hall–Kier alpha value is -0.0400. The summed E-state index contributed by atoms with van der Waals surface area (Å²) >= 11 is 0. The summed E-state index contributed by atoms with van der Waals surface area (Å²) in [5.74, 6) is 3.05.